The highest BCUT2D eigenvalue weighted by molar-refractivity contribution is 6.05. The lowest BCUT2D eigenvalue weighted by Gasteiger charge is -2.13. The third-order valence-corrected chi connectivity index (χ3v) is 4.21. The van der Waals surface area contributed by atoms with E-state index in [2.05, 4.69) is 5.32 Å². The molecule has 0 radical (unpaired) electrons. The maximum Gasteiger partial charge on any atom is 0.292 e. The molecule has 0 bridgehead atoms. The fraction of sp³-hybridized carbons (Fsp3) is 0.278. The minimum absolute atomic E-state index is 0.0231. The van der Waals surface area contributed by atoms with Crippen molar-refractivity contribution >= 4 is 23.0 Å². The summed E-state index contributed by atoms with van der Waals surface area (Å²) in [6.45, 7) is 0. The van der Waals surface area contributed by atoms with Gasteiger partial charge in [0.1, 0.15) is 11.4 Å². The number of nitrogen functional groups attached to an aromatic ring is 1. The Balaban J connectivity index is 1.66. The standard InChI is InChI=1S/C18H19N3O4/c19-16-10-5-12(11-17(16)21(23)24)18(22)20-13-6-8-15(9-7-13)25-14-3-1-2-4-14/h5-11,14H,1-4,19H2,(H,20,22). The van der Waals surface area contributed by atoms with Crippen LogP contribution >= 0.6 is 0 Å². The number of amides is 1. The van der Waals surface area contributed by atoms with Gasteiger partial charge in [0.25, 0.3) is 11.6 Å². The van der Waals surface area contributed by atoms with Crippen molar-refractivity contribution in [2.45, 2.75) is 31.8 Å². The minimum atomic E-state index is -0.610. The Bertz CT molecular complexity index is 783. The topological polar surface area (TPSA) is 107 Å². The van der Waals surface area contributed by atoms with E-state index in [1.165, 1.54) is 31.0 Å². The van der Waals surface area contributed by atoms with Crippen molar-refractivity contribution in [1.29, 1.82) is 0 Å². The van der Waals surface area contributed by atoms with E-state index in [1.54, 1.807) is 24.3 Å². The first-order valence-corrected chi connectivity index (χ1v) is 8.15. The third kappa shape index (κ3) is 4.06. The van der Waals surface area contributed by atoms with Crippen LogP contribution in [0.1, 0.15) is 36.0 Å². The van der Waals surface area contributed by atoms with Crippen LogP contribution in [0.15, 0.2) is 42.5 Å². The molecule has 0 spiro atoms. The summed E-state index contributed by atoms with van der Waals surface area (Å²) in [5.41, 5.74) is 6.04. The van der Waals surface area contributed by atoms with Crippen LogP contribution in [0.3, 0.4) is 0 Å². The van der Waals surface area contributed by atoms with Crippen LogP contribution in [-0.2, 0) is 0 Å². The van der Waals surface area contributed by atoms with E-state index in [0.29, 0.717) is 5.69 Å². The normalized spacial score (nSPS) is 14.2. The van der Waals surface area contributed by atoms with Crippen LogP contribution in [0.5, 0.6) is 5.75 Å². The average molecular weight is 341 g/mol. The Labute approximate surface area is 144 Å². The van der Waals surface area contributed by atoms with Gasteiger partial charge in [-0.1, -0.05) is 0 Å². The highest BCUT2D eigenvalue weighted by Crippen LogP contribution is 2.26. The molecule has 1 fully saturated rings. The van der Waals surface area contributed by atoms with Crippen LogP contribution in [-0.4, -0.2) is 16.9 Å². The zero-order chi connectivity index (χ0) is 17.8. The van der Waals surface area contributed by atoms with E-state index in [4.69, 9.17) is 10.5 Å². The Kier molecular flexibility index (Phi) is 4.83. The number of ether oxygens (including phenoxy) is 1. The highest BCUT2D eigenvalue weighted by Gasteiger charge is 2.17. The number of carbonyl (C=O) groups excluding carboxylic acids is 1. The lowest BCUT2D eigenvalue weighted by Crippen LogP contribution is -2.13. The second kappa shape index (κ2) is 7.21. The molecule has 0 saturated heterocycles. The van der Waals surface area contributed by atoms with E-state index in [9.17, 15) is 14.9 Å². The number of nitrogens with zero attached hydrogens (tertiary/aromatic N) is 1. The first-order chi connectivity index (χ1) is 12.0. The molecule has 7 heteroatoms. The fourth-order valence-electron chi connectivity index (χ4n) is 2.86. The number of benzene rings is 2. The number of nitro benzene ring substituents is 1. The smallest absolute Gasteiger partial charge is 0.292 e. The number of nitro groups is 1. The van der Waals surface area contributed by atoms with E-state index in [0.717, 1.165) is 18.6 Å². The van der Waals surface area contributed by atoms with Gasteiger partial charge in [0.15, 0.2) is 0 Å². The first kappa shape index (κ1) is 16.8. The van der Waals surface area contributed by atoms with Gasteiger partial charge in [-0.2, -0.15) is 0 Å². The van der Waals surface area contributed by atoms with Gasteiger partial charge >= 0.3 is 0 Å². The molecule has 1 saturated carbocycles. The Morgan fingerprint density at radius 3 is 2.48 bits per heavy atom. The highest BCUT2D eigenvalue weighted by atomic mass is 16.6. The summed E-state index contributed by atoms with van der Waals surface area (Å²) in [4.78, 5) is 22.6. The maximum absolute atomic E-state index is 12.3. The van der Waals surface area contributed by atoms with Crippen LogP contribution in [0.4, 0.5) is 17.1 Å². The molecular weight excluding hydrogens is 322 g/mol. The second-order valence-corrected chi connectivity index (χ2v) is 6.03. The van der Waals surface area contributed by atoms with Crippen LogP contribution in [0.2, 0.25) is 0 Å². The molecule has 2 aromatic rings. The van der Waals surface area contributed by atoms with E-state index in [-0.39, 0.29) is 23.0 Å². The second-order valence-electron chi connectivity index (χ2n) is 6.03. The summed E-state index contributed by atoms with van der Waals surface area (Å²) >= 11 is 0. The van der Waals surface area contributed by atoms with Crippen molar-refractivity contribution in [3.05, 3.63) is 58.1 Å². The fourth-order valence-corrected chi connectivity index (χ4v) is 2.86. The van der Waals surface area contributed by atoms with Gasteiger partial charge in [0.05, 0.1) is 11.0 Å². The summed E-state index contributed by atoms with van der Waals surface area (Å²) < 4.78 is 5.87. The molecule has 0 unspecified atom stereocenters. The van der Waals surface area contributed by atoms with Crippen LogP contribution < -0.4 is 15.8 Å². The largest absolute Gasteiger partial charge is 0.490 e. The van der Waals surface area contributed by atoms with Gasteiger partial charge in [-0.25, -0.2) is 0 Å². The Hall–Kier alpha value is -3.09. The minimum Gasteiger partial charge on any atom is -0.490 e. The molecule has 0 aliphatic heterocycles. The first-order valence-electron chi connectivity index (χ1n) is 8.15. The molecule has 2 aromatic carbocycles. The van der Waals surface area contributed by atoms with E-state index >= 15 is 0 Å². The molecule has 3 rings (SSSR count). The molecule has 25 heavy (non-hydrogen) atoms. The summed E-state index contributed by atoms with van der Waals surface area (Å²) in [6, 6.07) is 11.1. The summed E-state index contributed by atoms with van der Waals surface area (Å²) in [5, 5.41) is 13.6. The van der Waals surface area contributed by atoms with Crippen molar-refractivity contribution in [2.75, 3.05) is 11.1 Å². The predicted octanol–water partition coefficient (Wildman–Crippen LogP) is 3.75. The monoisotopic (exact) mass is 341 g/mol. The van der Waals surface area contributed by atoms with Crippen molar-refractivity contribution in [1.82, 2.24) is 0 Å². The lowest BCUT2D eigenvalue weighted by molar-refractivity contribution is -0.383. The predicted molar refractivity (Wildman–Crippen MR) is 94.8 cm³/mol. The van der Waals surface area contributed by atoms with Crippen molar-refractivity contribution in [3.63, 3.8) is 0 Å². The number of carbonyl (C=O) groups is 1. The number of nitrogens with one attached hydrogen (secondary N) is 1. The number of rotatable bonds is 5. The summed E-state index contributed by atoms with van der Waals surface area (Å²) in [6.07, 6.45) is 4.83. The molecule has 1 aliphatic rings. The number of anilines is 2. The SMILES string of the molecule is Nc1ccc(C(=O)Nc2ccc(OC3CCCC3)cc2)cc1[N+](=O)[O-]. The van der Waals surface area contributed by atoms with Crippen LogP contribution in [0.25, 0.3) is 0 Å². The van der Waals surface area contributed by atoms with Crippen molar-refractivity contribution in [2.24, 2.45) is 0 Å². The van der Waals surface area contributed by atoms with Gasteiger partial charge in [0, 0.05) is 17.3 Å². The number of nitrogens with two attached hydrogens (primary N) is 1. The number of hydrogen-bond acceptors (Lipinski definition) is 5. The molecule has 3 N–H and O–H groups in total. The van der Waals surface area contributed by atoms with Gasteiger partial charge in [0.2, 0.25) is 0 Å². The average Bonchev–Trinajstić information content (AvgIpc) is 3.09. The molecule has 7 nitrogen and oxygen atoms in total. The molecule has 0 aromatic heterocycles. The van der Waals surface area contributed by atoms with Gasteiger partial charge < -0.3 is 15.8 Å². The Morgan fingerprint density at radius 2 is 1.84 bits per heavy atom. The molecule has 0 atom stereocenters. The van der Waals surface area contributed by atoms with E-state index in [1.807, 2.05) is 0 Å². The lowest BCUT2D eigenvalue weighted by atomic mass is 10.1. The summed E-state index contributed by atoms with van der Waals surface area (Å²) in [7, 11) is 0. The van der Waals surface area contributed by atoms with Gasteiger partial charge in [-0.3, -0.25) is 14.9 Å². The number of hydrogen-bond donors (Lipinski definition) is 2. The summed E-state index contributed by atoms with van der Waals surface area (Å²) in [5.74, 6) is 0.334. The van der Waals surface area contributed by atoms with Crippen molar-refractivity contribution in [3.8, 4) is 5.75 Å². The zero-order valence-corrected chi connectivity index (χ0v) is 13.6. The molecule has 0 heterocycles. The molecule has 1 aliphatic carbocycles. The zero-order valence-electron chi connectivity index (χ0n) is 13.6. The Morgan fingerprint density at radius 1 is 1.16 bits per heavy atom. The van der Waals surface area contributed by atoms with E-state index < -0.39 is 10.8 Å². The van der Waals surface area contributed by atoms with Gasteiger partial charge in [-0.05, 0) is 62.1 Å². The van der Waals surface area contributed by atoms with Crippen LogP contribution in [0, 0.1) is 10.1 Å². The maximum atomic E-state index is 12.3. The molecular formula is C18H19N3O4. The molecule has 130 valence electrons. The third-order valence-electron chi connectivity index (χ3n) is 4.21. The molecule has 1 amide bonds. The quantitative estimate of drug-likeness (QED) is 0.489. The van der Waals surface area contributed by atoms with Gasteiger partial charge in [-0.15, -0.1) is 0 Å². The van der Waals surface area contributed by atoms with Crippen molar-refractivity contribution < 1.29 is 14.5 Å².